The highest BCUT2D eigenvalue weighted by molar-refractivity contribution is 5.81. The molecule has 1 fully saturated rings. The van der Waals surface area contributed by atoms with Crippen molar-refractivity contribution in [2.24, 2.45) is 11.7 Å². The molecular weight excluding hydrogens is 302 g/mol. The van der Waals surface area contributed by atoms with Crippen LogP contribution in [0.5, 0.6) is 0 Å². The third kappa shape index (κ3) is 4.81. The second-order valence-electron chi connectivity index (χ2n) is 6.65. The van der Waals surface area contributed by atoms with Crippen LogP contribution in [0.4, 0.5) is 0 Å². The minimum absolute atomic E-state index is 0.0425. The lowest BCUT2D eigenvalue weighted by Crippen LogP contribution is -2.49. The SMILES string of the molecule is CC[C@H](CNC(=O)[C@H](C)N1CCC(C(N)=O)CC1)c1ccccc1. The zero-order valence-electron chi connectivity index (χ0n) is 14.7. The number of likely N-dealkylation sites (tertiary alicyclic amines) is 1. The Morgan fingerprint density at radius 1 is 1.25 bits per heavy atom. The lowest BCUT2D eigenvalue weighted by atomic mass is 9.95. The number of carbonyl (C=O) groups is 2. The number of piperidine rings is 1. The van der Waals surface area contributed by atoms with Gasteiger partial charge in [-0.3, -0.25) is 14.5 Å². The highest BCUT2D eigenvalue weighted by atomic mass is 16.2. The number of benzene rings is 1. The maximum Gasteiger partial charge on any atom is 0.237 e. The van der Waals surface area contributed by atoms with Gasteiger partial charge in [-0.05, 0) is 44.8 Å². The Morgan fingerprint density at radius 2 is 1.88 bits per heavy atom. The molecule has 1 aromatic rings. The van der Waals surface area contributed by atoms with E-state index in [0.29, 0.717) is 12.5 Å². The van der Waals surface area contributed by atoms with E-state index < -0.39 is 0 Å². The summed E-state index contributed by atoms with van der Waals surface area (Å²) in [4.78, 5) is 25.8. The third-order valence-corrected chi connectivity index (χ3v) is 5.15. The van der Waals surface area contributed by atoms with E-state index in [9.17, 15) is 9.59 Å². The molecule has 0 saturated carbocycles. The highest BCUT2D eigenvalue weighted by Crippen LogP contribution is 2.20. The van der Waals surface area contributed by atoms with Crippen molar-refractivity contribution in [1.29, 1.82) is 0 Å². The summed E-state index contributed by atoms with van der Waals surface area (Å²) in [5.74, 6) is 0.129. The molecule has 5 nitrogen and oxygen atoms in total. The van der Waals surface area contributed by atoms with Crippen LogP contribution in [0.2, 0.25) is 0 Å². The molecule has 2 amide bonds. The van der Waals surface area contributed by atoms with E-state index in [1.54, 1.807) is 0 Å². The van der Waals surface area contributed by atoms with Gasteiger partial charge in [-0.2, -0.15) is 0 Å². The lowest BCUT2D eigenvalue weighted by molar-refractivity contribution is -0.127. The van der Waals surface area contributed by atoms with E-state index in [-0.39, 0.29) is 23.8 Å². The average molecular weight is 331 g/mol. The van der Waals surface area contributed by atoms with Crippen molar-refractivity contribution in [3.8, 4) is 0 Å². The van der Waals surface area contributed by atoms with Crippen molar-refractivity contribution < 1.29 is 9.59 Å². The van der Waals surface area contributed by atoms with Gasteiger partial charge in [-0.25, -0.2) is 0 Å². The fourth-order valence-corrected chi connectivity index (χ4v) is 3.33. The minimum Gasteiger partial charge on any atom is -0.369 e. The van der Waals surface area contributed by atoms with E-state index in [1.165, 1.54) is 5.56 Å². The molecule has 0 unspecified atom stereocenters. The highest BCUT2D eigenvalue weighted by Gasteiger charge is 2.28. The molecule has 0 spiro atoms. The normalized spacial score (nSPS) is 18.8. The topological polar surface area (TPSA) is 75.4 Å². The molecule has 0 aliphatic carbocycles. The third-order valence-electron chi connectivity index (χ3n) is 5.15. The van der Waals surface area contributed by atoms with E-state index in [2.05, 4.69) is 29.3 Å². The van der Waals surface area contributed by atoms with Gasteiger partial charge in [0.25, 0.3) is 0 Å². The van der Waals surface area contributed by atoms with Crippen LogP contribution in [0, 0.1) is 5.92 Å². The van der Waals surface area contributed by atoms with Gasteiger partial charge < -0.3 is 11.1 Å². The summed E-state index contributed by atoms with van der Waals surface area (Å²) in [5.41, 5.74) is 6.62. The molecule has 1 heterocycles. The van der Waals surface area contributed by atoms with Crippen molar-refractivity contribution in [2.75, 3.05) is 19.6 Å². The first-order valence-electron chi connectivity index (χ1n) is 8.89. The summed E-state index contributed by atoms with van der Waals surface area (Å²) in [7, 11) is 0. The fraction of sp³-hybridized carbons (Fsp3) is 0.579. The van der Waals surface area contributed by atoms with Crippen LogP contribution in [-0.2, 0) is 9.59 Å². The Bertz CT molecular complexity index is 539. The Labute approximate surface area is 144 Å². The predicted molar refractivity (Wildman–Crippen MR) is 95.4 cm³/mol. The monoisotopic (exact) mass is 331 g/mol. The first-order valence-corrected chi connectivity index (χ1v) is 8.89. The molecule has 1 saturated heterocycles. The molecule has 3 N–H and O–H groups in total. The van der Waals surface area contributed by atoms with E-state index in [4.69, 9.17) is 5.73 Å². The van der Waals surface area contributed by atoms with Gasteiger partial charge in [0.05, 0.1) is 6.04 Å². The summed E-state index contributed by atoms with van der Waals surface area (Å²) >= 11 is 0. The second kappa shape index (κ2) is 8.83. The Hall–Kier alpha value is -1.88. The van der Waals surface area contributed by atoms with Gasteiger partial charge >= 0.3 is 0 Å². The minimum atomic E-state index is -0.222. The molecule has 132 valence electrons. The molecule has 1 aliphatic heterocycles. The Kier molecular flexibility index (Phi) is 6.79. The smallest absolute Gasteiger partial charge is 0.237 e. The predicted octanol–water partition coefficient (Wildman–Crippen LogP) is 1.88. The van der Waals surface area contributed by atoms with Crippen molar-refractivity contribution in [2.45, 2.75) is 45.1 Å². The van der Waals surface area contributed by atoms with Crippen LogP contribution in [0.1, 0.15) is 44.6 Å². The number of nitrogens with zero attached hydrogens (tertiary/aromatic N) is 1. The number of nitrogens with one attached hydrogen (secondary N) is 1. The standard InChI is InChI=1S/C19H29N3O2/c1-3-15(16-7-5-4-6-8-16)13-21-19(24)14(2)22-11-9-17(10-12-22)18(20)23/h4-8,14-15,17H,3,9-13H2,1-2H3,(H2,20,23)(H,21,24)/t14-,15+/m0/s1. The van der Waals surface area contributed by atoms with Gasteiger partial charge in [-0.1, -0.05) is 37.3 Å². The van der Waals surface area contributed by atoms with Gasteiger partial charge in [-0.15, -0.1) is 0 Å². The van der Waals surface area contributed by atoms with E-state index >= 15 is 0 Å². The first-order chi connectivity index (χ1) is 11.5. The van der Waals surface area contributed by atoms with Gasteiger partial charge in [0.2, 0.25) is 11.8 Å². The van der Waals surface area contributed by atoms with Gasteiger partial charge in [0.1, 0.15) is 0 Å². The number of hydrogen-bond donors (Lipinski definition) is 2. The van der Waals surface area contributed by atoms with Crippen molar-refractivity contribution in [3.63, 3.8) is 0 Å². The number of carbonyl (C=O) groups excluding carboxylic acids is 2. The van der Waals surface area contributed by atoms with Crippen LogP contribution in [0.15, 0.2) is 30.3 Å². The summed E-state index contributed by atoms with van der Waals surface area (Å²) in [5, 5.41) is 3.09. The summed E-state index contributed by atoms with van der Waals surface area (Å²) < 4.78 is 0. The molecule has 5 heteroatoms. The van der Waals surface area contributed by atoms with Crippen LogP contribution >= 0.6 is 0 Å². The first kappa shape index (κ1) is 18.5. The Morgan fingerprint density at radius 3 is 2.42 bits per heavy atom. The summed E-state index contributed by atoms with van der Waals surface area (Å²) in [6.45, 7) is 6.23. The molecule has 0 bridgehead atoms. The molecule has 0 radical (unpaired) electrons. The summed E-state index contributed by atoms with van der Waals surface area (Å²) in [6.07, 6.45) is 2.48. The van der Waals surface area contributed by atoms with Gasteiger partial charge in [0, 0.05) is 18.4 Å². The van der Waals surface area contributed by atoms with Crippen molar-refractivity contribution >= 4 is 11.8 Å². The molecule has 1 aliphatic rings. The van der Waals surface area contributed by atoms with Crippen LogP contribution < -0.4 is 11.1 Å². The van der Waals surface area contributed by atoms with Crippen LogP contribution in [-0.4, -0.2) is 42.4 Å². The maximum absolute atomic E-state index is 12.5. The van der Waals surface area contributed by atoms with Crippen molar-refractivity contribution in [1.82, 2.24) is 10.2 Å². The second-order valence-corrected chi connectivity index (χ2v) is 6.65. The van der Waals surface area contributed by atoms with Crippen LogP contribution in [0.25, 0.3) is 0 Å². The van der Waals surface area contributed by atoms with Gasteiger partial charge in [0.15, 0.2) is 0 Å². The molecule has 2 rings (SSSR count). The number of rotatable bonds is 7. The lowest BCUT2D eigenvalue weighted by Gasteiger charge is -2.34. The Balaban J connectivity index is 1.82. The fourth-order valence-electron chi connectivity index (χ4n) is 3.33. The number of primary amides is 1. The molecule has 24 heavy (non-hydrogen) atoms. The molecule has 0 aromatic heterocycles. The molecule has 2 atom stereocenters. The number of amides is 2. The maximum atomic E-state index is 12.5. The average Bonchev–Trinajstić information content (AvgIpc) is 2.62. The zero-order chi connectivity index (χ0) is 17.5. The number of hydrogen-bond acceptors (Lipinski definition) is 3. The quantitative estimate of drug-likeness (QED) is 0.801. The van der Waals surface area contributed by atoms with Crippen LogP contribution in [0.3, 0.4) is 0 Å². The summed E-state index contributed by atoms with van der Waals surface area (Å²) in [6, 6.07) is 10.1. The number of nitrogens with two attached hydrogens (primary N) is 1. The van der Waals surface area contributed by atoms with E-state index in [0.717, 1.165) is 32.4 Å². The molecule has 1 aromatic carbocycles. The molecular formula is C19H29N3O2. The largest absolute Gasteiger partial charge is 0.369 e. The van der Waals surface area contributed by atoms with E-state index in [1.807, 2.05) is 25.1 Å². The van der Waals surface area contributed by atoms with Crippen molar-refractivity contribution in [3.05, 3.63) is 35.9 Å². The zero-order valence-corrected chi connectivity index (χ0v) is 14.7.